The Balaban J connectivity index is 0.000000671. The lowest BCUT2D eigenvalue weighted by atomic mass is 10.3. The molecule has 0 radical (unpaired) electrons. The Morgan fingerprint density at radius 2 is 1.92 bits per heavy atom. The molecule has 4 nitrogen and oxygen atoms in total. The molecule has 1 saturated heterocycles. The predicted octanol–water partition coefficient (Wildman–Crippen LogP) is 0.693. The first-order chi connectivity index (χ1) is 6.00. The fourth-order valence-electron chi connectivity index (χ4n) is 1.09. The van der Waals surface area contributed by atoms with Crippen LogP contribution in [0.3, 0.4) is 0 Å². The molecule has 0 amide bonds. The smallest absolute Gasteiger partial charge is 0.211 e. The molecule has 0 bridgehead atoms. The van der Waals surface area contributed by atoms with Gasteiger partial charge in [0.05, 0.1) is 19.0 Å². The van der Waals surface area contributed by atoms with E-state index in [4.69, 9.17) is 4.74 Å². The first kappa shape index (κ1) is 12.9. The van der Waals surface area contributed by atoms with Crippen molar-refractivity contribution in [2.24, 2.45) is 0 Å². The van der Waals surface area contributed by atoms with E-state index >= 15 is 0 Å². The Morgan fingerprint density at radius 3 is 2.23 bits per heavy atom. The minimum atomic E-state index is -3.01. The third kappa shape index (κ3) is 4.59. The maximum Gasteiger partial charge on any atom is 0.211 e. The maximum absolute atomic E-state index is 11.0. The molecule has 0 saturated carbocycles. The zero-order chi connectivity index (χ0) is 10.5. The lowest BCUT2D eigenvalue weighted by Gasteiger charge is -2.28. The fourth-order valence-corrected chi connectivity index (χ4v) is 1.97. The number of ether oxygens (including phenoxy) is 1. The van der Waals surface area contributed by atoms with E-state index in [1.807, 2.05) is 20.8 Å². The van der Waals surface area contributed by atoms with E-state index in [1.165, 1.54) is 10.6 Å². The summed E-state index contributed by atoms with van der Waals surface area (Å²) in [4.78, 5) is 0. The topological polar surface area (TPSA) is 46.6 Å². The minimum Gasteiger partial charge on any atom is -0.376 e. The predicted molar refractivity (Wildman–Crippen MR) is 53.2 cm³/mol. The highest BCUT2D eigenvalue weighted by atomic mass is 32.2. The van der Waals surface area contributed by atoms with Crippen molar-refractivity contribution >= 4 is 10.0 Å². The lowest BCUT2D eigenvalue weighted by Crippen LogP contribution is -2.43. The summed E-state index contributed by atoms with van der Waals surface area (Å²) in [5.41, 5.74) is 0. The third-order valence-corrected chi connectivity index (χ3v) is 2.94. The normalized spacial score (nSPS) is 24.8. The van der Waals surface area contributed by atoms with Gasteiger partial charge in [-0.3, -0.25) is 0 Å². The van der Waals surface area contributed by atoms with E-state index in [0.29, 0.717) is 19.7 Å². The van der Waals surface area contributed by atoms with Crippen LogP contribution in [0.25, 0.3) is 0 Å². The number of nitrogens with zero attached hydrogens (tertiary/aromatic N) is 1. The summed E-state index contributed by atoms with van der Waals surface area (Å²) in [5.74, 6) is 0. The second kappa shape index (κ2) is 5.57. The quantitative estimate of drug-likeness (QED) is 0.638. The van der Waals surface area contributed by atoms with Crippen molar-refractivity contribution in [2.75, 3.05) is 26.0 Å². The number of sulfonamides is 1. The Kier molecular flexibility index (Phi) is 5.51. The monoisotopic (exact) mass is 209 g/mol. The van der Waals surface area contributed by atoms with Crippen LogP contribution in [0.2, 0.25) is 0 Å². The second-order valence-corrected chi connectivity index (χ2v) is 4.78. The van der Waals surface area contributed by atoms with Crippen molar-refractivity contribution in [3.8, 4) is 0 Å². The summed E-state index contributed by atoms with van der Waals surface area (Å²) in [6.07, 6.45) is 1.25. The lowest BCUT2D eigenvalue weighted by molar-refractivity contribution is 0.0104. The molecule has 13 heavy (non-hydrogen) atoms. The molecule has 1 unspecified atom stereocenters. The van der Waals surface area contributed by atoms with Crippen LogP contribution in [0.15, 0.2) is 0 Å². The van der Waals surface area contributed by atoms with E-state index in [1.54, 1.807) is 0 Å². The molecule has 1 heterocycles. The molecule has 0 aliphatic carbocycles. The van der Waals surface area contributed by atoms with E-state index in [2.05, 4.69) is 0 Å². The van der Waals surface area contributed by atoms with E-state index in [-0.39, 0.29) is 6.10 Å². The Morgan fingerprint density at radius 1 is 1.38 bits per heavy atom. The molecule has 1 rings (SSSR count). The van der Waals surface area contributed by atoms with Gasteiger partial charge in [0, 0.05) is 13.1 Å². The molecule has 1 atom stereocenters. The standard InChI is InChI=1S/C6H13NO3S.C2H6/c1-6-5-7(3-4-10-6)11(2,8)9;1-2/h6H,3-5H2,1-2H3;1-2H3. The number of hydrogen-bond donors (Lipinski definition) is 0. The highest BCUT2D eigenvalue weighted by Gasteiger charge is 2.23. The summed E-state index contributed by atoms with van der Waals surface area (Å²) in [5, 5.41) is 0. The summed E-state index contributed by atoms with van der Waals surface area (Å²) in [6.45, 7) is 7.35. The van der Waals surface area contributed by atoms with Crippen LogP contribution < -0.4 is 0 Å². The number of rotatable bonds is 1. The molecule has 1 aliphatic heterocycles. The first-order valence-corrected chi connectivity index (χ1v) is 6.41. The average molecular weight is 209 g/mol. The van der Waals surface area contributed by atoms with Crippen LogP contribution >= 0.6 is 0 Å². The van der Waals surface area contributed by atoms with Crippen LogP contribution in [-0.2, 0) is 14.8 Å². The number of hydrogen-bond acceptors (Lipinski definition) is 3. The summed E-state index contributed by atoms with van der Waals surface area (Å²) in [6, 6.07) is 0. The zero-order valence-electron chi connectivity index (χ0n) is 8.78. The zero-order valence-corrected chi connectivity index (χ0v) is 9.60. The molecule has 80 valence electrons. The highest BCUT2D eigenvalue weighted by molar-refractivity contribution is 7.88. The maximum atomic E-state index is 11.0. The van der Waals surface area contributed by atoms with Gasteiger partial charge in [-0.25, -0.2) is 8.42 Å². The van der Waals surface area contributed by atoms with Crippen molar-refractivity contribution in [1.29, 1.82) is 0 Å². The van der Waals surface area contributed by atoms with Gasteiger partial charge < -0.3 is 4.74 Å². The molecule has 0 aromatic heterocycles. The van der Waals surface area contributed by atoms with Gasteiger partial charge in [0.2, 0.25) is 10.0 Å². The molecule has 0 N–H and O–H groups in total. The second-order valence-electron chi connectivity index (χ2n) is 2.80. The fraction of sp³-hybridized carbons (Fsp3) is 1.00. The van der Waals surface area contributed by atoms with Crippen LogP contribution in [0.5, 0.6) is 0 Å². The van der Waals surface area contributed by atoms with Crippen molar-refractivity contribution in [3.05, 3.63) is 0 Å². The molecular formula is C8H19NO3S. The van der Waals surface area contributed by atoms with Crippen LogP contribution in [-0.4, -0.2) is 44.8 Å². The molecule has 1 aliphatic rings. The van der Waals surface area contributed by atoms with Crippen molar-refractivity contribution in [1.82, 2.24) is 4.31 Å². The molecule has 1 fully saturated rings. The summed E-state index contributed by atoms with van der Waals surface area (Å²) < 4.78 is 28.6. The van der Waals surface area contributed by atoms with Gasteiger partial charge in [-0.15, -0.1) is 0 Å². The largest absolute Gasteiger partial charge is 0.376 e. The van der Waals surface area contributed by atoms with Crippen molar-refractivity contribution in [3.63, 3.8) is 0 Å². The first-order valence-electron chi connectivity index (χ1n) is 4.57. The van der Waals surface area contributed by atoms with Crippen LogP contribution in [0, 0.1) is 0 Å². The minimum absolute atomic E-state index is 0.0264. The van der Waals surface area contributed by atoms with Crippen LogP contribution in [0.1, 0.15) is 20.8 Å². The van der Waals surface area contributed by atoms with E-state index in [9.17, 15) is 8.42 Å². The average Bonchev–Trinajstić information content (AvgIpc) is 2.06. The molecule has 5 heteroatoms. The van der Waals surface area contributed by atoms with E-state index in [0.717, 1.165) is 0 Å². The van der Waals surface area contributed by atoms with Gasteiger partial charge in [-0.2, -0.15) is 4.31 Å². The van der Waals surface area contributed by atoms with Gasteiger partial charge in [0.1, 0.15) is 0 Å². The van der Waals surface area contributed by atoms with Gasteiger partial charge in [0.25, 0.3) is 0 Å². The highest BCUT2D eigenvalue weighted by Crippen LogP contribution is 2.07. The number of morpholine rings is 1. The Hall–Kier alpha value is -0.130. The molecule has 0 spiro atoms. The van der Waals surface area contributed by atoms with E-state index < -0.39 is 10.0 Å². The Labute approximate surface area is 80.9 Å². The van der Waals surface area contributed by atoms with Crippen molar-refractivity contribution in [2.45, 2.75) is 26.9 Å². The van der Waals surface area contributed by atoms with Gasteiger partial charge in [-0.1, -0.05) is 13.8 Å². The third-order valence-electron chi connectivity index (χ3n) is 1.67. The summed E-state index contributed by atoms with van der Waals surface area (Å²) >= 11 is 0. The SMILES string of the molecule is CC.CC1CN(S(C)(=O)=O)CCO1. The molecule has 0 aromatic rings. The van der Waals surface area contributed by atoms with Gasteiger partial charge in [-0.05, 0) is 6.92 Å². The molecular weight excluding hydrogens is 190 g/mol. The molecule has 0 aromatic carbocycles. The Bertz CT molecular complexity index is 226. The van der Waals surface area contributed by atoms with Gasteiger partial charge in [0.15, 0.2) is 0 Å². The van der Waals surface area contributed by atoms with Crippen LogP contribution in [0.4, 0.5) is 0 Å². The van der Waals surface area contributed by atoms with Crippen molar-refractivity contribution < 1.29 is 13.2 Å². The van der Waals surface area contributed by atoms with Gasteiger partial charge >= 0.3 is 0 Å². The summed E-state index contributed by atoms with van der Waals surface area (Å²) in [7, 11) is -3.01.